The van der Waals surface area contributed by atoms with Gasteiger partial charge < -0.3 is 27.6 Å². The molecule has 0 aliphatic heterocycles. The van der Waals surface area contributed by atoms with Gasteiger partial charge in [0.05, 0.1) is 5.56 Å². The van der Waals surface area contributed by atoms with Gasteiger partial charge in [-0.15, -0.1) is 0 Å². The van der Waals surface area contributed by atoms with E-state index in [1.165, 1.54) is 18.2 Å². The molecule has 0 aliphatic carbocycles. The average molecular weight is 275 g/mol. The van der Waals surface area contributed by atoms with Gasteiger partial charge in [-0.2, -0.15) is 0 Å². The Balaban J connectivity index is 0.000000631. The lowest BCUT2D eigenvalue weighted by molar-refractivity contribution is 0.0952. The molecule has 1 aromatic rings. The summed E-state index contributed by atoms with van der Waals surface area (Å²) in [6.45, 7) is 1.91. The summed E-state index contributed by atoms with van der Waals surface area (Å²) in [5, 5.41) is 12.3. The molecule has 0 heterocycles. The average Bonchev–Trinajstić information content (AvgIpc) is 2.39. The Bertz CT molecular complexity index is 372. The van der Waals surface area contributed by atoms with Crippen LogP contribution in [0.2, 0.25) is 5.02 Å². The number of halogens is 1. The van der Waals surface area contributed by atoms with Crippen LogP contribution in [0.3, 0.4) is 0 Å². The highest BCUT2D eigenvalue weighted by Gasteiger charge is 2.10. The van der Waals surface area contributed by atoms with Crippen molar-refractivity contribution >= 4 is 17.5 Å². The van der Waals surface area contributed by atoms with Crippen LogP contribution in [-0.4, -0.2) is 37.2 Å². The first-order valence-corrected chi connectivity index (χ1v) is 5.81. The molecule has 0 bridgehead atoms. The number of phenols is 1. The highest BCUT2D eigenvalue weighted by Crippen LogP contribution is 2.20. The van der Waals surface area contributed by atoms with E-state index in [-0.39, 0.29) is 17.2 Å². The number of nitrogens with one attached hydrogen (secondary N) is 1. The van der Waals surface area contributed by atoms with Gasteiger partial charge in [-0.05, 0) is 18.2 Å². The predicted molar refractivity (Wildman–Crippen MR) is 72.6 cm³/mol. The van der Waals surface area contributed by atoms with Crippen molar-refractivity contribution in [3.63, 3.8) is 0 Å². The third kappa shape index (κ3) is 6.41. The Hall–Kier alpha value is -1.34. The summed E-state index contributed by atoms with van der Waals surface area (Å²) in [4.78, 5) is 11.4. The fraction of sp³-hybridized carbons (Fsp3) is 0.364. The Labute approximate surface area is 111 Å². The molecule has 0 unspecified atom stereocenters. The molecular weight excluding hydrogens is 256 g/mol. The maximum absolute atomic E-state index is 11.4. The van der Waals surface area contributed by atoms with Crippen LogP contribution in [0, 0.1) is 0 Å². The summed E-state index contributed by atoms with van der Waals surface area (Å²) in [6, 6.07) is 4.29. The summed E-state index contributed by atoms with van der Waals surface area (Å²) in [6.07, 6.45) is 0. The van der Waals surface area contributed by atoms with Gasteiger partial charge in [-0.25, -0.2) is 0 Å². The van der Waals surface area contributed by atoms with E-state index in [4.69, 9.17) is 28.8 Å². The molecule has 0 saturated carbocycles. The van der Waals surface area contributed by atoms with Crippen molar-refractivity contribution in [2.75, 3.05) is 26.2 Å². The number of hydrogen-bond donors (Lipinski definition) is 5. The number of hydrogen-bond acceptors (Lipinski definition) is 5. The van der Waals surface area contributed by atoms with Gasteiger partial charge in [0.15, 0.2) is 0 Å². The van der Waals surface area contributed by atoms with Gasteiger partial charge >= 0.3 is 0 Å². The Morgan fingerprint density at radius 1 is 1.22 bits per heavy atom. The highest BCUT2D eigenvalue weighted by atomic mass is 35.5. The first-order valence-electron chi connectivity index (χ1n) is 5.43. The summed E-state index contributed by atoms with van der Waals surface area (Å²) in [5.74, 6) is -0.473. The maximum atomic E-state index is 11.4. The lowest BCUT2D eigenvalue weighted by Crippen LogP contribution is -2.29. The van der Waals surface area contributed by atoms with E-state index in [1.54, 1.807) is 0 Å². The van der Waals surface area contributed by atoms with E-state index in [0.717, 1.165) is 0 Å². The van der Waals surface area contributed by atoms with E-state index in [9.17, 15) is 9.90 Å². The Morgan fingerprint density at radius 3 is 2.33 bits per heavy atom. The number of benzene rings is 1. The number of carbonyl (C=O) groups excluding carboxylic acids is 1. The molecule has 18 heavy (non-hydrogen) atoms. The van der Waals surface area contributed by atoms with Gasteiger partial charge in [0.1, 0.15) is 5.75 Å². The van der Waals surface area contributed by atoms with Crippen LogP contribution in [0.25, 0.3) is 0 Å². The predicted octanol–water partition coefficient (Wildman–Crippen LogP) is -0.362. The van der Waals surface area contributed by atoms with Crippen LogP contribution in [0.4, 0.5) is 0 Å². The maximum Gasteiger partial charge on any atom is 0.255 e. The van der Waals surface area contributed by atoms with Gasteiger partial charge in [0.2, 0.25) is 0 Å². The normalized spacial score (nSPS) is 9.33. The zero-order chi connectivity index (χ0) is 14.0. The third-order valence-corrected chi connectivity index (χ3v) is 2.03. The van der Waals surface area contributed by atoms with Crippen LogP contribution >= 0.6 is 11.6 Å². The lowest BCUT2D eigenvalue weighted by atomic mass is 10.2. The van der Waals surface area contributed by atoms with Gasteiger partial charge in [0.25, 0.3) is 5.91 Å². The van der Waals surface area contributed by atoms with E-state index in [1.807, 2.05) is 0 Å². The smallest absolute Gasteiger partial charge is 0.255 e. The molecule has 7 heteroatoms. The number of phenolic OH excluding ortho intramolecular Hbond substituents is 1. The second-order valence-electron chi connectivity index (χ2n) is 3.28. The zero-order valence-electron chi connectivity index (χ0n) is 10.0. The van der Waals surface area contributed by atoms with E-state index in [0.29, 0.717) is 31.2 Å². The monoisotopic (exact) mass is 274 g/mol. The van der Waals surface area contributed by atoms with Crippen LogP contribution in [-0.2, 0) is 0 Å². The van der Waals surface area contributed by atoms with Crippen LogP contribution in [0.5, 0.6) is 5.75 Å². The summed E-state index contributed by atoms with van der Waals surface area (Å²) in [7, 11) is 0. The van der Waals surface area contributed by atoms with Gasteiger partial charge in [-0.3, -0.25) is 4.79 Å². The largest absolute Gasteiger partial charge is 0.507 e. The fourth-order valence-corrected chi connectivity index (χ4v) is 1.14. The summed E-state index contributed by atoms with van der Waals surface area (Å²) < 4.78 is 0. The minimum atomic E-state index is -0.379. The minimum absolute atomic E-state index is 0.0936. The molecule has 0 aliphatic rings. The van der Waals surface area contributed by atoms with Crippen LogP contribution < -0.4 is 22.5 Å². The molecule has 6 nitrogen and oxygen atoms in total. The molecule has 1 rings (SSSR count). The van der Waals surface area contributed by atoms with Crippen molar-refractivity contribution in [1.29, 1.82) is 0 Å². The topological polar surface area (TPSA) is 127 Å². The quantitative estimate of drug-likeness (QED) is 0.512. The molecule has 0 saturated heterocycles. The van der Waals surface area contributed by atoms with E-state index in [2.05, 4.69) is 5.32 Å². The van der Waals surface area contributed by atoms with E-state index >= 15 is 0 Å². The second-order valence-corrected chi connectivity index (χ2v) is 3.72. The highest BCUT2D eigenvalue weighted by molar-refractivity contribution is 6.31. The van der Waals surface area contributed by atoms with Crippen molar-refractivity contribution in [2.24, 2.45) is 17.2 Å². The number of carbonyl (C=O) groups is 1. The molecular formula is C11H19ClN4O2. The summed E-state index contributed by atoms with van der Waals surface area (Å²) in [5.41, 5.74) is 15.2. The first-order chi connectivity index (χ1) is 8.56. The van der Waals surface area contributed by atoms with Crippen LogP contribution in [0.15, 0.2) is 18.2 Å². The molecule has 0 radical (unpaired) electrons. The number of aromatic hydroxyl groups is 1. The molecule has 102 valence electrons. The van der Waals surface area contributed by atoms with Crippen LogP contribution in [0.1, 0.15) is 10.4 Å². The van der Waals surface area contributed by atoms with E-state index < -0.39 is 0 Å². The molecule has 0 spiro atoms. The Kier molecular flexibility index (Phi) is 8.95. The molecule has 0 aromatic heterocycles. The minimum Gasteiger partial charge on any atom is -0.507 e. The molecule has 1 amide bonds. The van der Waals surface area contributed by atoms with Gasteiger partial charge in [0, 0.05) is 31.2 Å². The van der Waals surface area contributed by atoms with Crippen molar-refractivity contribution in [2.45, 2.75) is 0 Å². The van der Waals surface area contributed by atoms with Crippen molar-refractivity contribution in [1.82, 2.24) is 5.32 Å². The SMILES string of the molecule is NCCN.NCCNC(=O)c1cc(Cl)ccc1O. The first kappa shape index (κ1) is 16.7. The zero-order valence-corrected chi connectivity index (χ0v) is 10.8. The van der Waals surface area contributed by atoms with Crippen molar-refractivity contribution in [3.05, 3.63) is 28.8 Å². The summed E-state index contributed by atoms with van der Waals surface area (Å²) >= 11 is 5.68. The molecule has 1 aromatic carbocycles. The molecule has 8 N–H and O–H groups in total. The lowest BCUT2D eigenvalue weighted by Gasteiger charge is -2.05. The molecule has 0 fully saturated rings. The standard InChI is InChI=1S/C9H11ClN2O2.C2H8N2/c10-6-1-2-8(13)7(5-6)9(14)12-4-3-11;3-1-2-4/h1-2,5,13H,3-4,11H2,(H,12,14);1-4H2. The van der Waals surface area contributed by atoms with Gasteiger partial charge in [-0.1, -0.05) is 11.6 Å². The second kappa shape index (κ2) is 9.67. The number of amides is 1. The van der Waals surface area contributed by atoms with Crippen molar-refractivity contribution in [3.8, 4) is 5.75 Å². The number of rotatable bonds is 4. The van der Waals surface area contributed by atoms with Crippen molar-refractivity contribution < 1.29 is 9.90 Å². The number of nitrogens with two attached hydrogens (primary N) is 3. The third-order valence-electron chi connectivity index (χ3n) is 1.80. The fourth-order valence-electron chi connectivity index (χ4n) is 0.971. The Morgan fingerprint density at radius 2 is 1.83 bits per heavy atom. The molecule has 0 atom stereocenters.